The molecular weight excluding hydrogens is 358 g/mol. The number of benzene rings is 3. The average molecular weight is 381 g/mol. The van der Waals surface area contributed by atoms with Gasteiger partial charge in [0.1, 0.15) is 0 Å². The number of nitrogens with zero attached hydrogens (tertiary/aromatic N) is 2. The van der Waals surface area contributed by atoms with Crippen molar-refractivity contribution in [3.05, 3.63) is 120 Å². The van der Waals surface area contributed by atoms with E-state index in [0.717, 1.165) is 22.6 Å². The lowest BCUT2D eigenvalue weighted by molar-refractivity contribution is 0.0955. The van der Waals surface area contributed by atoms with Gasteiger partial charge in [0.25, 0.3) is 5.91 Å². The van der Waals surface area contributed by atoms with Gasteiger partial charge in [0.05, 0.1) is 6.21 Å². The van der Waals surface area contributed by atoms with Crippen molar-refractivity contribution in [2.24, 2.45) is 5.10 Å². The number of para-hydroxylation sites is 1. The van der Waals surface area contributed by atoms with E-state index in [0.29, 0.717) is 5.56 Å². The molecule has 1 amide bonds. The summed E-state index contributed by atoms with van der Waals surface area (Å²) in [5.74, 6) is -0.238. The highest BCUT2D eigenvalue weighted by Gasteiger charge is 2.11. The summed E-state index contributed by atoms with van der Waals surface area (Å²) in [6, 6.07) is 27.1. The summed E-state index contributed by atoms with van der Waals surface area (Å²) in [6.45, 7) is 5.92. The third-order valence-electron chi connectivity index (χ3n) is 4.34. The molecular formula is C25H23N3O. The normalized spacial score (nSPS) is 11.3. The SMILES string of the molecule is C=C/C(=C\C)N(c1ccccc1)c1ccc(/C=N/NC(=O)c2ccccc2)cc1. The topological polar surface area (TPSA) is 44.7 Å². The van der Waals surface area contributed by atoms with Gasteiger partial charge in [0.2, 0.25) is 0 Å². The van der Waals surface area contributed by atoms with Crippen LogP contribution in [0.25, 0.3) is 0 Å². The number of nitrogens with one attached hydrogen (secondary N) is 1. The van der Waals surface area contributed by atoms with E-state index in [1.807, 2.05) is 79.7 Å². The van der Waals surface area contributed by atoms with E-state index in [9.17, 15) is 4.79 Å². The summed E-state index contributed by atoms with van der Waals surface area (Å²) in [5.41, 5.74) is 7.06. The minimum absolute atomic E-state index is 0.238. The highest BCUT2D eigenvalue weighted by atomic mass is 16.2. The van der Waals surface area contributed by atoms with Gasteiger partial charge in [0, 0.05) is 22.6 Å². The first-order chi connectivity index (χ1) is 14.2. The van der Waals surface area contributed by atoms with E-state index >= 15 is 0 Å². The Bertz CT molecular complexity index is 1010. The number of amides is 1. The van der Waals surface area contributed by atoms with E-state index in [1.165, 1.54) is 0 Å². The molecule has 0 aliphatic carbocycles. The van der Waals surface area contributed by atoms with Crippen LogP contribution in [0.2, 0.25) is 0 Å². The van der Waals surface area contributed by atoms with Gasteiger partial charge in [-0.2, -0.15) is 5.10 Å². The van der Waals surface area contributed by atoms with E-state index in [1.54, 1.807) is 18.3 Å². The average Bonchev–Trinajstić information content (AvgIpc) is 2.79. The Morgan fingerprint density at radius 3 is 2.07 bits per heavy atom. The Balaban J connectivity index is 1.75. The maximum atomic E-state index is 12.0. The number of hydrogen-bond acceptors (Lipinski definition) is 3. The van der Waals surface area contributed by atoms with Crippen LogP contribution in [0.1, 0.15) is 22.8 Å². The maximum absolute atomic E-state index is 12.0. The highest BCUT2D eigenvalue weighted by Crippen LogP contribution is 2.30. The smallest absolute Gasteiger partial charge is 0.271 e. The molecule has 29 heavy (non-hydrogen) atoms. The van der Waals surface area contributed by atoms with Crippen LogP contribution >= 0.6 is 0 Å². The monoisotopic (exact) mass is 381 g/mol. The van der Waals surface area contributed by atoms with Gasteiger partial charge in [0.15, 0.2) is 0 Å². The molecule has 0 spiro atoms. The second kappa shape index (κ2) is 9.85. The molecule has 0 aliphatic heterocycles. The minimum Gasteiger partial charge on any atom is -0.311 e. The van der Waals surface area contributed by atoms with Crippen LogP contribution in [0.4, 0.5) is 11.4 Å². The minimum atomic E-state index is -0.238. The molecule has 4 heteroatoms. The summed E-state index contributed by atoms with van der Waals surface area (Å²) in [7, 11) is 0. The van der Waals surface area contributed by atoms with Crippen molar-refractivity contribution in [1.29, 1.82) is 0 Å². The third-order valence-corrected chi connectivity index (χ3v) is 4.34. The van der Waals surface area contributed by atoms with Crippen molar-refractivity contribution >= 4 is 23.5 Å². The maximum Gasteiger partial charge on any atom is 0.271 e. The Morgan fingerprint density at radius 1 is 0.897 bits per heavy atom. The molecule has 0 aliphatic rings. The number of allylic oxidation sites excluding steroid dienone is 2. The fourth-order valence-electron chi connectivity index (χ4n) is 2.89. The lowest BCUT2D eigenvalue weighted by Crippen LogP contribution is -2.17. The number of rotatable bonds is 7. The summed E-state index contributed by atoms with van der Waals surface area (Å²) in [4.78, 5) is 14.2. The number of hydrazone groups is 1. The van der Waals surface area contributed by atoms with Crippen LogP contribution in [0, 0.1) is 0 Å². The van der Waals surface area contributed by atoms with Gasteiger partial charge in [-0.3, -0.25) is 4.79 Å². The number of carbonyl (C=O) groups excluding carboxylic acids is 1. The van der Waals surface area contributed by atoms with Gasteiger partial charge in [-0.05, 0) is 55.0 Å². The Kier molecular flexibility index (Phi) is 6.74. The molecule has 4 nitrogen and oxygen atoms in total. The quantitative estimate of drug-likeness (QED) is 0.325. The fraction of sp³-hybridized carbons (Fsp3) is 0.0400. The summed E-state index contributed by atoms with van der Waals surface area (Å²) in [5, 5.41) is 4.05. The number of hydrogen-bond donors (Lipinski definition) is 1. The fourth-order valence-corrected chi connectivity index (χ4v) is 2.89. The zero-order valence-corrected chi connectivity index (χ0v) is 16.3. The van der Waals surface area contributed by atoms with Crippen LogP contribution in [-0.4, -0.2) is 12.1 Å². The van der Waals surface area contributed by atoms with E-state index in [4.69, 9.17) is 0 Å². The molecule has 0 fully saturated rings. The molecule has 3 rings (SSSR count). The molecule has 0 saturated heterocycles. The van der Waals surface area contributed by atoms with Crippen molar-refractivity contribution in [3.63, 3.8) is 0 Å². The first kappa shape index (κ1) is 19.8. The number of carbonyl (C=O) groups is 1. The van der Waals surface area contributed by atoms with Gasteiger partial charge in [-0.15, -0.1) is 0 Å². The molecule has 0 unspecified atom stereocenters. The number of anilines is 2. The zero-order valence-electron chi connectivity index (χ0n) is 16.3. The predicted molar refractivity (Wildman–Crippen MR) is 120 cm³/mol. The first-order valence-electron chi connectivity index (χ1n) is 9.35. The van der Waals surface area contributed by atoms with Gasteiger partial charge in [-0.25, -0.2) is 5.43 Å². The van der Waals surface area contributed by atoms with Crippen LogP contribution in [0.5, 0.6) is 0 Å². The largest absolute Gasteiger partial charge is 0.311 e. The van der Waals surface area contributed by atoms with E-state index in [2.05, 4.69) is 34.1 Å². The van der Waals surface area contributed by atoms with Crippen molar-refractivity contribution < 1.29 is 4.79 Å². The van der Waals surface area contributed by atoms with Crippen molar-refractivity contribution in [1.82, 2.24) is 5.43 Å². The van der Waals surface area contributed by atoms with Gasteiger partial charge < -0.3 is 4.90 Å². The van der Waals surface area contributed by atoms with E-state index < -0.39 is 0 Å². The molecule has 0 heterocycles. The summed E-state index contributed by atoms with van der Waals surface area (Å²) in [6.07, 6.45) is 5.48. The second-order valence-electron chi connectivity index (χ2n) is 6.25. The van der Waals surface area contributed by atoms with E-state index in [-0.39, 0.29) is 5.91 Å². The Labute approximate surface area is 171 Å². The molecule has 1 N–H and O–H groups in total. The van der Waals surface area contributed by atoms with Crippen LogP contribution in [0.3, 0.4) is 0 Å². The predicted octanol–water partition coefficient (Wildman–Crippen LogP) is 5.68. The highest BCUT2D eigenvalue weighted by molar-refractivity contribution is 5.94. The standard InChI is InChI=1S/C25H23N3O/c1-3-22(4-2)28(23-13-9-6-10-14-23)24-17-15-20(16-18-24)19-26-27-25(29)21-11-7-5-8-12-21/h3-19H,1H2,2H3,(H,27,29)/b22-4+,26-19+. The molecule has 0 radical (unpaired) electrons. The Hall–Kier alpha value is -3.92. The van der Waals surface area contributed by atoms with Crippen molar-refractivity contribution in [2.75, 3.05) is 4.90 Å². The van der Waals surface area contributed by atoms with Crippen LogP contribution in [-0.2, 0) is 0 Å². The molecule has 144 valence electrons. The molecule has 0 aromatic heterocycles. The lowest BCUT2D eigenvalue weighted by Gasteiger charge is -2.26. The zero-order chi connectivity index (χ0) is 20.5. The second-order valence-corrected chi connectivity index (χ2v) is 6.25. The Morgan fingerprint density at radius 2 is 1.48 bits per heavy atom. The first-order valence-corrected chi connectivity index (χ1v) is 9.35. The van der Waals surface area contributed by atoms with Crippen molar-refractivity contribution in [2.45, 2.75) is 6.92 Å². The molecule has 0 atom stereocenters. The molecule has 0 bridgehead atoms. The lowest BCUT2D eigenvalue weighted by atomic mass is 10.1. The van der Waals surface area contributed by atoms with Crippen molar-refractivity contribution in [3.8, 4) is 0 Å². The third kappa shape index (κ3) is 5.08. The van der Waals surface area contributed by atoms with Crippen LogP contribution < -0.4 is 10.3 Å². The molecule has 0 saturated carbocycles. The summed E-state index contributed by atoms with van der Waals surface area (Å²) >= 11 is 0. The molecule has 3 aromatic carbocycles. The van der Waals surface area contributed by atoms with Gasteiger partial charge >= 0.3 is 0 Å². The summed E-state index contributed by atoms with van der Waals surface area (Å²) < 4.78 is 0. The molecule has 3 aromatic rings. The van der Waals surface area contributed by atoms with Crippen LogP contribution in [0.15, 0.2) is 114 Å². The van der Waals surface area contributed by atoms with Gasteiger partial charge in [-0.1, -0.05) is 61.2 Å².